The summed E-state index contributed by atoms with van der Waals surface area (Å²) >= 11 is 0. The zero-order valence-corrected chi connectivity index (χ0v) is 6.61. The number of carbonyl (C=O) groups excluding carboxylic acids is 1. The van der Waals surface area contributed by atoms with Crippen LogP contribution in [0, 0.1) is 0 Å². The van der Waals surface area contributed by atoms with Crippen molar-refractivity contribution in [2.45, 2.75) is 13.3 Å². The van der Waals surface area contributed by atoms with E-state index in [9.17, 15) is 4.79 Å². The Morgan fingerprint density at radius 3 is 2.73 bits per heavy atom. The van der Waals surface area contributed by atoms with Crippen LogP contribution in [0.2, 0.25) is 0 Å². The van der Waals surface area contributed by atoms with Crippen molar-refractivity contribution >= 4 is 5.78 Å². The summed E-state index contributed by atoms with van der Waals surface area (Å²) in [5.74, 6) is 0.0245. The number of carbonyl (C=O) groups is 1. The highest BCUT2D eigenvalue weighted by atomic mass is 16.1. The van der Waals surface area contributed by atoms with Gasteiger partial charge >= 0.3 is 0 Å². The summed E-state index contributed by atoms with van der Waals surface area (Å²) in [6, 6.07) is 0. The fraction of sp³-hybridized carbons (Fsp3) is 0.375. The summed E-state index contributed by atoms with van der Waals surface area (Å²) in [4.78, 5) is 11.1. The van der Waals surface area contributed by atoms with Gasteiger partial charge in [0.15, 0.2) is 5.78 Å². The molecule has 3 nitrogen and oxygen atoms in total. The standard InChI is InChI=1S/C8H12N2O/c1-3-6(8(11)4-2)7-5-9-10-7/h4,9-10H,2-3,5H2,1H3. The molecule has 1 rings (SSSR count). The van der Waals surface area contributed by atoms with Gasteiger partial charge in [0, 0.05) is 11.3 Å². The normalized spacial score (nSPS) is 19.7. The second-order valence-electron chi connectivity index (χ2n) is 2.36. The van der Waals surface area contributed by atoms with E-state index in [1.165, 1.54) is 6.08 Å². The SMILES string of the molecule is C=CC(=O)C(CC)=C1CNN1. The van der Waals surface area contributed by atoms with Gasteiger partial charge < -0.3 is 5.43 Å². The summed E-state index contributed by atoms with van der Waals surface area (Å²) in [7, 11) is 0. The molecule has 2 N–H and O–H groups in total. The van der Waals surface area contributed by atoms with Crippen LogP contribution in [0.3, 0.4) is 0 Å². The lowest BCUT2D eigenvalue weighted by molar-refractivity contribution is -0.111. The number of allylic oxidation sites excluding steroid dienone is 2. The zero-order valence-electron chi connectivity index (χ0n) is 6.61. The van der Waals surface area contributed by atoms with Crippen molar-refractivity contribution in [3.8, 4) is 0 Å². The number of hydrazine groups is 1. The van der Waals surface area contributed by atoms with Crippen LogP contribution < -0.4 is 10.9 Å². The van der Waals surface area contributed by atoms with Gasteiger partial charge in [0.25, 0.3) is 0 Å². The Kier molecular flexibility index (Phi) is 2.44. The van der Waals surface area contributed by atoms with E-state index in [1.54, 1.807) is 0 Å². The van der Waals surface area contributed by atoms with Gasteiger partial charge in [-0.2, -0.15) is 0 Å². The van der Waals surface area contributed by atoms with Crippen molar-refractivity contribution in [2.24, 2.45) is 0 Å². The summed E-state index contributed by atoms with van der Waals surface area (Å²) < 4.78 is 0. The Morgan fingerprint density at radius 1 is 1.82 bits per heavy atom. The highest BCUT2D eigenvalue weighted by Crippen LogP contribution is 2.10. The summed E-state index contributed by atoms with van der Waals surface area (Å²) in [6.45, 7) is 6.17. The van der Waals surface area contributed by atoms with Crippen LogP contribution in [-0.4, -0.2) is 12.3 Å². The fourth-order valence-electron chi connectivity index (χ4n) is 1.02. The molecule has 0 bridgehead atoms. The molecule has 1 aliphatic rings. The number of ketones is 1. The van der Waals surface area contributed by atoms with Crippen LogP contribution in [0.15, 0.2) is 23.9 Å². The van der Waals surface area contributed by atoms with Gasteiger partial charge in [-0.3, -0.25) is 4.79 Å². The molecule has 0 spiro atoms. The van der Waals surface area contributed by atoms with Gasteiger partial charge in [-0.05, 0) is 12.5 Å². The third-order valence-electron chi connectivity index (χ3n) is 1.71. The van der Waals surface area contributed by atoms with Crippen molar-refractivity contribution in [1.82, 2.24) is 10.9 Å². The molecule has 0 aromatic carbocycles. The maximum absolute atomic E-state index is 11.1. The Labute approximate surface area is 66.1 Å². The minimum atomic E-state index is 0.0245. The first-order chi connectivity index (χ1) is 5.29. The quantitative estimate of drug-likeness (QED) is 0.579. The van der Waals surface area contributed by atoms with Crippen molar-refractivity contribution in [3.63, 3.8) is 0 Å². The molecule has 1 saturated heterocycles. The lowest BCUT2D eigenvalue weighted by Gasteiger charge is -2.24. The second kappa shape index (κ2) is 3.34. The monoisotopic (exact) mass is 152 g/mol. The van der Waals surface area contributed by atoms with Crippen LogP contribution >= 0.6 is 0 Å². The van der Waals surface area contributed by atoms with Gasteiger partial charge in [-0.25, -0.2) is 5.43 Å². The average Bonchev–Trinajstić information content (AvgIpc) is 1.94. The van der Waals surface area contributed by atoms with Crippen molar-refractivity contribution in [2.75, 3.05) is 6.54 Å². The Hall–Kier alpha value is -1.09. The number of nitrogens with one attached hydrogen (secondary N) is 2. The van der Waals surface area contributed by atoms with E-state index >= 15 is 0 Å². The number of hydrogen-bond acceptors (Lipinski definition) is 3. The molecule has 0 aliphatic carbocycles. The van der Waals surface area contributed by atoms with Gasteiger partial charge in [-0.1, -0.05) is 13.5 Å². The number of hydrogen-bond donors (Lipinski definition) is 2. The van der Waals surface area contributed by atoms with Crippen LogP contribution in [0.1, 0.15) is 13.3 Å². The van der Waals surface area contributed by atoms with Crippen molar-refractivity contribution in [3.05, 3.63) is 23.9 Å². The van der Waals surface area contributed by atoms with E-state index in [2.05, 4.69) is 17.4 Å². The second-order valence-corrected chi connectivity index (χ2v) is 2.36. The van der Waals surface area contributed by atoms with E-state index in [0.29, 0.717) is 0 Å². The van der Waals surface area contributed by atoms with E-state index < -0.39 is 0 Å². The third kappa shape index (κ3) is 1.49. The molecular weight excluding hydrogens is 140 g/mol. The molecule has 0 radical (unpaired) electrons. The van der Waals surface area contributed by atoms with Crippen molar-refractivity contribution in [1.29, 1.82) is 0 Å². The minimum absolute atomic E-state index is 0.0245. The smallest absolute Gasteiger partial charge is 0.183 e. The largest absolute Gasteiger partial charge is 0.323 e. The van der Waals surface area contributed by atoms with Gasteiger partial charge in [0.1, 0.15) is 0 Å². The van der Waals surface area contributed by atoms with Crippen LogP contribution in [0.4, 0.5) is 0 Å². The maximum Gasteiger partial charge on any atom is 0.183 e. The molecule has 1 fully saturated rings. The molecule has 3 heteroatoms. The molecular formula is C8H12N2O. The molecule has 0 saturated carbocycles. The highest BCUT2D eigenvalue weighted by Gasteiger charge is 2.15. The lowest BCUT2D eigenvalue weighted by atomic mass is 10.1. The third-order valence-corrected chi connectivity index (χ3v) is 1.71. The van der Waals surface area contributed by atoms with Crippen LogP contribution in [-0.2, 0) is 4.79 Å². The highest BCUT2D eigenvalue weighted by molar-refractivity contribution is 6.04. The number of rotatable bonds is 3. The molecule has 1 heterocycles. The van der Waals surface area contributed by atoms with Crippen LogP contribution in [0.25, 0.3) is 0 Å². The summed E-state index contributed by atoms with van der Waals surface area (Å²) in [6.07, 6.45) is 2.11. The predicted octanol–water partition coefficient (Wildman–Crippen LogP) is 0.513. The average molecular weight is 152 g/mol. The molecule has 1 aliphatic heterocycles. The van der Waals surface area contributed by atoms with E-state index in [4.69, 9.17) is 0 Å². The summed E-state index contributed by atoms with van der Waals surface area (Å²) in [5, 5.41) is 0. The Bertz CT molecular complexity index is 212. The maximum atomic E-state index is 11.1. The Balaban J connectivity index is 2.76. The zero-order chi connectivity index (χ0) is 8.27. The molecule has 0 aromatic heterocycles. The van der Waals surface area contributed by atoms with Crippen LogP contribution in [0.5, 0.6) is 0 Å². The van der Waals surface area contributed by atoms with Crippen molar-refractivity contribution < 1.29 is 4.79 Å². The molecule has 0 atom stereocenters. The fourth-order valence-corrected chi connectivity index (χ4v) is 1.02. The van der Waals surface area contributed by atoms with Gasteiger partial charge in [0.05, 0.1) is 6.54 Å². The predicted molar refractivity (Wildman–Crippen MR) is 43.7 cm³/mol. The first kappa shape index (κ1) is 8.01. The van der Waals surface area contributed by atoms with Gasteiger partial charge in [0.2, 0.25) is 0 Å². The topological polar surface area (TPSA) is 41.1 Å². The summed E-state index contributed by atoms with van der Waals surface area (Å²) in [5.41, 5.74) is 7.56. The molecule has 60 valence electrons. The molecule has 0 unspecified atom stereocenters. The first-order valence-electron chi connectivity index (χ1n) is 3.67. The molecule has 0 amide bonds. The molecule has 11 heavy (non-hydrogen) atoms. The van der Waals surface area contributed by atoms with E-state index in [0.717, 1.165) is 24.2 Å². The van der Waals surface area contributed by atoms with E-state index in [1.807, 2.05) is 6.92 Å². The van der Waals surface area contributed by atoms with Gasteiger partial charge in [-0.15, -0.1) is 0 Å². The van der Waals surface area contributed by atoms with E-state index in [-0.39, 0.29) is 5.78 Å². The first-order valence-corrected chi connectivity index (χ1v) is 3.67. The Morgan fingerprint density at radius 2 is 2.45 bits per heavy atom. The lowest BCUT2D eigenvalue weighted by Crippen LogP contribution is -2.48. The minimum Gasteiger partial charge on any atom is -0.323 e. The molecule has 0 aromatic rings.